The molecule has 0 heterocycles. The second kappa shape index (κ2) is 6.77. The van der Waals surface area contributed by atoms with Crippen molar-refractivity contribution in [3.8, 4) is 0 Å². The molecule has 0 spiro atoms. The number of hydrogen-bond acceptors (Lipinski definition) is 2. The van der Waals surface area contributed by atoms with Crippen LogP contribution >= 0.6 is 11.6 Å². The van der Waals surface area contributed by atoms with Gasteiger partial charge in [-0.05, 0) is 36.2 Å². The van der Waals surface area contributed by atoms with Crippen molar-refractivity contribution >= 4 is 17.3 Å². The average molecular weight is 241 g/mol. The first-order valence-electron chi connectivity index (χ1n) is 5.91. The molecule has 0 bridgehead atoms. The van der Waals surface area contributed by atoms with E-state index < -0.39 is 0 Å². The number of nitrogens with two attached hydrogens (primary N) is 1. The fraction of sp³-hybridized carbons (Fsp3) is 0.538. The molecule has 0 atom stereocenters. The molecule has 3 heteroatoms. The quantitative estimate of drug-likeness (QED) is 0.748. The van der Waals surface area contributed by atoms with E-state index >= 15 is 0 Å². The van der Waals surface area contributed by atoms with E-state index in [9.17, 15) is 0 Å². The topological polar surface area (TPSA) is 38.0 Å². The lowest BCUT2D eigenvalue weighted by Gasteiger charge is -2.13. The van der Waals surface area contributed by atoms with Gasteiger partial charge in [-0.25, -0.2) is 0 Å². The maximum Gasteiger partial charge on any atom is 0.0429 e. The Hall–Kier alpha value is -0.730. The molecule has 0 aliphatic rings. The van der Waals surface area contributed by atoms with Crippen LogP contribution in [0.3, 0.4) is 0 Å². The summed E-state index contributed by atoms with van der Waals surface area (Å²) < 4.78 is 0. The predicted octanol–water partition coefficient (Wildman–Crippen LogP) is 3.45. The van der Waals surface area contributed by atoms with Gasteiger partial charge in [0.2, 0.25) is 0 Å². The zero-order chi connectivity index (χ0) is 12.0. The molecule has 1 aromatic rings. The largest absolute Gasteiger partial charge is 0.399 e. The monoisotopic (exact) mass is 240 g/mol. The van der Waals surface area contributed by atoms with Crippen LogP contribution in [-0.2, 0) is 6.54 Å². The Labute approximate surface area is 103 Å². The summed E-state index contributed by atoms with van der Waals surface area (Å²) in [5, 5.41) is 4.15. The van der Waals surface area contributed by atoms with E-state index in [0.29, 0.717) is 5.02 Å². The summed E-state index contributed by atoms with van der Waals surface area (Å²) in [6, 6.07) is 5.69. The van der Waals surface area contributed by atoms with Crippen LogP contribution in [0.5, 0.6) is 0 Å². The average Bonchev–Trinajstić information content (AvgIpc) is 2.23. The Bertz CT molecular complexity index is 301. The molecule has 90 valence electrons. The van der Waals surface area contributed by atoms with Gasteiger partial charge in [0.05, 0.1) is 0 Å². The van der Waals surface area contributed by atoms with Crippen LogP contribution in [0.25, 0.3) is 0 Å². The maximum atomic E-state index is 5.94. The van der Waals surface area contributed by atoms with Gasteiger partial charge >= 0.3 is 0 Å². The van der Waals surface area contributed by atoms with Crippen LogP contribution < -0.4 is 11.1 Å². The van der Waals surface area contributed by atoms with Gasteiger partial charge in [0.15, 0.2) is 0 Å². The molecule has 16 heavy (non-hydrogen) atoms. The highest BCUT2D eigenvalue weighted by molar-refractivity contribution is 6.30. The zero-order valence-electron chi connectivity index (χ0n) is 10.1. The lowest BCUT2D eigenvalue weighted by Crippen LogP contribution is -2.21. The Kier molecular flexibility index (Phi) is 5.64. The molecular formula is C13H21ClN2. The number of anilines is 1. The molecule has 2 nitrogen and oxygen atoms in total. The molecule has 1 rings (SSSR count). The highest BCUT2D eigenvalue weighted by Crippen LogP contribution is 2.16. The Morgan fingerprint density at radius 3 is 2.50 bits per heavy atom. The van der Waals surface area contributed by atoms with Crippen LogP contribution in [0.2, 0.25) is 5.02 Å². The summed E-state index contributed by atoms with van der Waals surface area (Å²) >= 11 is 5.94. The van der Waals surface area contributed by atoms with Gasteiger partial charge in [-0.15, -0.1) is 0 Å². The molecule has 0 amide bonds. The van der Waals surface area contributed by atoms with Crippen molar-refractivity contribution in [1.82, 2.24) is 5.32 Å². The van der Waals surface area contributed by atoms with Gasteiger partial charge in [0, 0.05) is 17.3 Å². The normalized spacial score (nSPS) is 11.0. The van der Waals surface area contributed by atoms with Crippen molar-refractivity contribution in [2.45, 2.75) is 33.2 Å². The number of benzene rings is 1. The van der Waals surface area contributed by atoms with E-state index in [4.69, 9.17) is 17.3 Å². The van der Waals surface area contributed by atoms with Crippen molar-refractivity contribution in [1.29, 1.82) is 0 Å². The van der Waals surface area contributed by atoms with E-state index in [2.05, 4.69) is 19.2 Å². The Morgan fingerprint density at radius 1 is 1.25 bits per heavy atom. The van der Waals surface area contributed by atoms with Gasteiger partial charge in [-0.1, -0.05) is 38.3 Å². The highest BCUT2D eigenvalue weighted by atomic mass is 35.5. The fourth-order valence-corrected chi connectivity index (χ4v) is 2.04. The summed E-state index contributed by atoms with van der Waals surface area (Å²) in [6.07, 6.45) is 2.45. The van der Waals surface area contributed by atoms with Crippen molar-refractivity contribution in [3.05, 3.63) is 28.8 Å². The summed E-state index contributed by atoms with van der Waals surface area (Å²) in [6.45, 7) is 6.35. The first-order chi connectivity index (χ1) is 7.65. The third-order valence-electron chi connectivity index (χ3n) is 2.90. The van der Waals surface area contributed by atoms with E-state index in [1.165, 1.54) is 12.8 Å². The second-order valence-electron chi connectivity index (χ2n) is 4.21. The molecule has 0 unspecified atom stereocenters. The fourth-order valence-electron chi connectivity index (χ4n) is 1.78. The summed E-state index contributed by atoms with van der Waals surface area (Å²) in [4.78, 5) is 0. The van der Waals surface area contributed by atoms with Gasteiger partial charge < -0.3 is 11.1 Å². The number of halogens is 1. The van der Waals surface area contributed by atoms with Crippen LogP contribution in [0.4, 0.5) is 5.69 Å². The van der Waals surface area contributed by atoms with Crippen LogP contribution in [0.15, 0.2) is 18.2 Å². The molecule has 0 saturated heterocycles. The van der Waals surface area contributed by atoms with Gasteiger partial charge in [0.1, 0.15) is 0 Å². The van der Waals surface area contributed by atoms with Crippen molar-refractivity contribution in [2.75, 3.05) is 12.3 Å². The first-order valence-corrected chi connectivity index (χ1v) is 6.29. The van der Waals surface area contributed by atoms with E-state index in [0.717, 1.165) is 30.3 Å². The maximum absolute atomic E-state index is 5.94. The summed E-state index contributed by atoms with van der Waals surface area (Å²) in [5.41, 5.74) is 7.61. The molecule has 0 fully saturated rings. The van der Waals surface area contributed by atoms with E-state index in [-0.39, 0.29) is 0 Å². The van der Waals surface area contributed by atoms with Crippen molar-refractivity contribution < 1.29 is 0 Å². The lowest BCUT2D eigenvalue weighted by molar-refractivity contribution is 0.449. The molecule has 0 aliphatic carbocycles. The summed E-state index contributed by atoms with van der Waals surface area (Å²) in [7, 11) is 0. The minimum atomic E-state index is 0.708. The molecule has 0 radical (unpaired) electrons. The third-order valence-corrected chi connectivity index (χ3v) is 3.11. The van der Waals surface area contributed by atoms with Crippen LogP contribution in [0.1, 0.15) is 32.3 Å². The smallest absolute Gasteiger partial charge is 0.0429 e. The SMILES string of the molecule is CCC(CC)CNCc1cc(N)cc(Cl)c1. The number of nitrogens with one attached hydrogen (secondary N) is 1. The molecule has 1 aromatic carbocycles. The minimum Gasteiger partial charge on any atom is -0.399 e. The van der Waals surface area contributed by atoms with Gasteiger partial charge in [0.25, 0.3) is 0 Å². The minimum absolute atomic E-state index is 0.708. The third kappa shape index (κ3) is 4.42. The number of nitrogen functional groups attached to an aromatic ring is 1. The molecule has 0 aromatic heterocycles. The molecule has 0 saturated carbocycles. The first kappa shape index (κ1) is 13.3. The van der Waals surface area contributed by atoms with E-state index in [1.807, 2.05) is 12.1 Å². The van der Waals surface area contributed by atoms with Gasteiger partial charge in [-0.2, -0.15) is 0 Å². The number of rotatable bonds is 6. The highest BCUT2D eigenvalue weighted by Gasteiger charge is 2.03. The van der Waals surface area contributed by atoms with Crippen molar-refractivity contribution in [2.24, 2.45) is 5.92 Å². The standard InChI is InChI=1S/C13H21ClN2/c1-3-10(4-2)8-16-9-11-5-12(14)7-13(15)6-11/h5-7,10,16H,3-4,8-9,15H2,1-2H3. The van der Waals surface area contributed by atoms with Gasteiger partial charge in [-0.3, -0.25) is 0 Å². The zero-order valence-corrected chi connectivity index (χ0v) is 10.8. The lowest BCUT2D eigenvalue weighted by atomic mass is 10.0. The molecular weight excluding hydrogens is 220 g/mol. The Balaban J connectivity index is 2.42. The molecule has 0 aliphatic heterocycles. The van der Waals surface area contributed by atoms with Crippen LogP contribution in [-0.4, -0.2) is 6.54 Å². The Morgan fingerprint density at radius 2 is 1.94 bits per heavy atom. The van der Waals surface area contributed by atoms with Crippen LogP contribution in [0, 0.1) is 5.92 Å². The molecule has 3 N–H and O–H groups in total. The summed E-state index contributed by atoms with van der Waals surface area (Å²) in [5.74, 6) is 0.761. The van der Waals surface area contributed by atoms with E-state index in [1.54, 1.807) is 6.07 Å². The second-order valence-corrected chi connectivity index (χ2v) is 4.64. The predicted molar refractivity (Wildman–Crippen MR) is 71.6 cm³/mol. The van der Waals surface area contributed by atoms with Crippen molar-refractivity contribution in [3.63, 3.8) is 0 Å². The number of hydrogen-bond donors (Lipinski definition) is 2.